The van der Waals surface area contributed by atoms with Crippen LogP contribution in [0.1, 0.15) is 29.4 Å². The van der Waals surface area contributed by atoms with Crippen LogP contribution in [0.3, 0.4) is 0 Å². The van der Waals surface area contributed by atoms with Crippen LogP contribution in [0.5, 0.6) is 0 Å². The van der Waals surface area contributed by atoms with E-state index < -0.39 is 0 Å². The topological polar surface area (TPSA) is 86.9 Å². The molecule has 1 aliphatic rings. The second-order valence-electron chi connectivity index (χ2n) is 7.53. The first-order valence-electron chi connectivity index (χ1n) is 9.96. The van der Waals surface area contributed by atoms with Gasteiger partial charge in [-0.25, -0.2) is 15.0 Å². The number of benzene rings is 1. The van der Waals surface area contributed by atoms with E-state index in [0.717, 1.165) is 48.1 Å². The van der Waals surface area contributed by atoms with Crippen molar-refractivity contribution < 1.29 is 9.53 Å². The van der Waals surface area contributed by atoms with Gasteiger partial charge in [-0.2, -0.15) is 0 Å². The molecule has 0 radical (unpaired) electrons. The highest BCUT2D eigenvalue weighted by atomic mass is 16.5. The van der Waals surface area contributed by atoms with Crippen LogP contribution in [0.25, 0.3) is 22.0 Å². The molecular formula is C22H22N6O2. The van der Waals surface area contributed by atoms with E-state index in [1.165, 1.54) is 0 Å². The molecule has 0 bridgehead atoms. The minimum absolute atomic E-state index is 0.268. The fourth-order valence-corrected chi connectivity index (χ4v) is 3.82. The quantitative estimate of drug-likeness (QED) is 0.565. The molecule has 1 N–H and O–H groups in total. The van der Waals surface area contributed by atoms with Crippen molar-refractivity contribution in [2.45, 2.75) is 18.9 Å². The van der Waals surface area contributed by atoms with E-state index >= 15 is 0 Å². The second-order valence-corrected chi connectivity index (χ2v) is 7.53. The number of nitrogens with one attached hydrogen (secondary N) is 1. The van der Waals surface area contributed by atoms with Crippen molar-refractivity contribution >= 4 is 22.5 Å². The predicted molar refractivity (Wildman–Crippen MR) is 113 cm³/mol. The maximum absolute atomic E-state index is 12.7. The van der Waals surface area contributed by atoms with Gasteiger partial charge in [0.15, 0.2) is 0 Å². The summed E-state index contributed by atoms with van der Waals surface area (Å²) < 4.78 is 9.38. The molecule has 5 rings (SSSR count). The molecule has 0 atom stereocenters. The number of aryl methyl sites for hydroxylation is 1. The van der Waals surface area contributed by atoms with Crippen LogP contribution in [-0.2, 0) is 11.8 Å². The fourth-order valence-electron chi connectivity index (χ4n) is 3.82. The molecule has 3 aromatic heterocycles. The number of hydrogen-bond acceptors (Lipinski definition) is 5. The van der Waals surface area contributed by atoms with Gasteiger partial charge in [0.1, 0.15) is 11.5 Å². The number of anilines is 1. The highest BCUT2D eigenvalue weighted by molar-refractivity contribution is 6.03. The van der Waals surface area contributed by atoms with Crippen LogP contribution < -0.4 is 5.32 Å². The Bertz CT molecular complexity index is 1210. The van der Waals surface area contributed by atoms with Gasteiger partial charge < -0.3 is 19.2 Å². The summed E-state index contributed by atoms with van der Waals surface area (Å²) in [4.78, 5) is 25.5. The number of aromatic nitrogens is 5. The van der Waals surface area contributed by atoms with Crippen LogP contribution in [0.2, 0.25) is 0 Å². The van der Waals surface area contributed by atoms with Crippen molar-refractivity contribution in [3.05, 3.63) is 61.2 Å². The van der Waals surface area contributed by atoms with Gasteiger partial charge in [0, 0.05) is 49.6 Å². The second kappa shape index (κ2) is 7.72. The standard InChI is InChI=1S/C22H22N6O2/c1-27-13-23-11-20(27)15-2-3-16-10-24-21(9-17(16)8-15)26-22(29)19-12-28(14-25-19)18-4-6-30-7-5-18/h2-3,8-14,18H,4-7H2,1H3,(H,24,26,29). The van der Waals surface area contributed by atoms with Crippen LogP contribution in [-0.4, -0.2) is 43.2 Å². The normalized spacial score (nSPS) is 14.8. The summed E-state index contributed by atoms with van der Waals surface area (Å²) in [5.74, 6) is 0.228. The maximum Gasteiger partial charge on any atom is 0.276 e. The third kappa shape index (κ3) is 3.57. The minimum Gasteiger partial charge on any atom is -0.381 e. The summed E-state index contributed by atoms with van der Waals surface area (Å²) in [7, 11) is 1.96. The van der Waals surface area contributed by atoms with E-state index in [4.69, 9.17) is 4.74 Å². The third-order valence-corrected chi connectivity index (χ3v) is 5.52. The van der Waals surface area contributed by atoms with Crippen molar-refractivity contribution in [3.63, 3.8) is 0 Å². The monoisotopic (exact) mass is 402 g/mol. The van der Waals surface area contributed by atoms with Gasteiger partial charge in [-0.05, 0) is 30.4 Å². The van der Waals surface area contributed by atoms with E-state index in [2.05, 4.69) is 26.3 Å². The maximum atomic E-state index is 12.7. The van der Waals surface area contributed by atoms with Crippen molar-refractivity contribution in [2.75, 3.05) is 18.5 Å². The summed E-state index contributed by atoms with van der Waals surface area (Å²) in [5.41, 5.74) is 2.46. The molecule has 1 saturated heterocycles. The molecule has 152 valence electrons. The zero-order chi connectivity index (χ0) is 20.5. The third-order valence-electron chi connectivity index (χ3n) is 5.52. The molecule has 0 spiro atoms. The number of hydrogen-bond donors (Lipinski definition) is 1. The number of fused-ring (bicyclic) bond motifs is 1. The molecule has 1 aromatic carbocycles. The predicted octanol–water partition coefficient (Wildman–Crippen LogP) is 3.44. The van der Waals surface area contributed by atoms with Gasteiger partial charge in [0.25, 0.3) is 5.91 Å². The lowest BCUT2D eigenvalue weighted by atomic mass is 10.1. The summed E-state index contributed by atoms with van der Waals surface area (Å²) in [6, 6.07) is 8.34. The smallest absolute Gasteiger partial charge is 0.276 e. The molecule has 4 heterocycles. The Kier molecular flexibility index (Phi) is 4.76. The van der Waals surface area contributed by atoms with Crippen LogP contribution >= 0.6 is 0 Å². The molecular weight excluding hydrogens is 380 g/mol. The SMILES string of the molecule is Cn1cncc1-c1ccc2cnc(NC(=O)c3cn(C4CCOCC4)cn3)cc2c1. The zero-order valence-corrected chi connectivity index (χ0v) is 16.7. The number of ether oxygens (including phenoxy) is 1. The Balaban J connectivity index is 1.36. The van der Waals surface area contributed by atoms with Crippen molar-refractivity contribution in [2.24, 2.45) is 7.05 Å². The lowest BCUT2D eigenvalue weighted by Crippen LogP contribution is -2.18. The van der Waals surface area contributed by atoms with Gasteiger partial charge in [0.05, 0.1) is 24.5 Å². The summed E-state index contributed by atoms with van der Waals surface area (Å²) in [6.07, 6.45) is 10.8. The van der Waals surface area contributed by atoms with Crippen molar-refractivity contribution in [3.8, 4) is 11.3 Å². The van der Waals surface area contributed by atoms with Gasteiger partial charge >= 0.3 is 0 Å². The summed E-state index contributed by atoms with van der Waals surface area (Å²) in [5, 5.41) is 4.86. The van der Waals surface area contributed by atoms with Gasteiger partial charge in [0.2, 0.25) is 0 Å². The first-order chi connectivity index (χ1) is 14.7. The molecule has 0 saturated carbocycles. The summed E-state index contributed by atoms with van der Waals surface area (Å²) in [6.45, 7) is 1.48. The number of amides is 1. The van der Waals surface area contributed by atoms with Crippen LogP contribution in [0, 0.1) is 0 Å². The summed E-state index contributed by atoms with van der Waals surface area (Å²) >= 11 is 0. The Morgan fingerprint density at radius 2 is 1.97 bits per heavy atom. The fraction of sp³-hybridized carbons (Fsp3) is 0.273. The van der Waals surface area contributed by atoms with Crippen LogP contribution in [0.15, 0.2) is 55.5 Å². The average molecular weight is 402 g/mol. The van der Waals surface area contributed by atoms with Gasteiger partial charge in [-0.15, -0.1) is 0 Å². The molecule has 1 aliphatic heterocycles. The molecule has 4 aromatic rings. The Morgan fingerprint density at radius 1 is 1.10 bits per heavy atom. The van der Waals surface area contributed by atoms with Crippen LogP contribution in [0.4, 0.5) is 5.82 Å². The largest absolute Gasteiger partial charge is 0.381 e. The average Bonchev–Trinajstić information content (AvgIpc) is 3.43. The first kappa shape index (κ1) is 18.5. The highest BCUT2D eigenvalue weighted by Gasteiger charge is 2.18. The number of imidazole rings is 2. The first-order valence-corrected chi connectivity index (χ1v) is 9.96. The number of carbonyl (C=O) groups is 1. The van der Waals surface area contributed by atoms with E-state index in [0.29, 0.717) is 17.6 Å². The van der Waals surface area contributed by atoms with E-state index in [-0.39, 0.29) is 5.91 Å². The lowest BCUT2D eigenvalue weighted by molar-refractivity contribution is 0.0695. The molecule has 0 aliphatic carbocycles. The Hall–Kier alpha value is -3.52. The highest BCUT2D eigenvalue weighted by Crippen LogP contribution is 2.25. The van der Waals surface area contributed by atoms with E-state index in [9.17, 15) is 4.79 Å². The van der Waals surface area contributed by atoms with E-state index in [1.54, 1.807) is 25.0 Å². The molecule has 8 heteroatoms. The molecule has 30 heavy (non-hydrogen) atoms. The molecule has 1 amide bonds. The minimum atomic E-state index is -0.268. The number of pyridine rings is 1. The number of rotatable bonds is 4. The number of carbonyl (C=O) groups excluding carboxylic acids is 1. The van der Waals surface area contributed by atoms with Gasteiger partial charge in [-0.1, -0.05) is 12.1 Å². The van der Waals surface area contributed by atoms with Crippen molar-refractivity contribution in [1.82, 2.24) is 24.1 Å². The Morgan fingerprint density at radius 3 is 2.77 bits per heavy atom. The van der Waals surface area contributed by atoms with Crippen molar-refractivity contribution in [1.29, 1.82) is 0 Å². The Labute approximate surface area is 173 Å². The molecule has 8 nitrogen and oxygen atoms in total. The number of nitrogens with zero attached hydrogens (tertiary/aromatic N) is 5. The lowest BCUT2D eigenvalue weighted by Gasteiger charge is -2.22. The molecule has 1 fully saturated rings. The zero-order valence-electron chi connectivity index (χ0n) is 16.7. The van der Waals surface area contributed by atoms with E-state index in [1.807, 2.05) is 40.6 Å². The molecule has 0 unspecified atom stereocenters. The van der Waals surface area contributed by atoms with Gasteiger partial charge in [-0.3, -0.25) is 4.79 Å².